The zero-order valence-corrected chi connectivity index (χ0v) is 16.6. The number of aromatic nitrogens is 6. The molecule has 8 nitrogen and oxygen atoms in total. The third kappa shape index (κ3) is 3.44. The molecule has 0 bridgehead atoms. The van der Waals surface area contributed by atoms with Crippen molar-refractivity contribution < 1.29 is 6.16 Å². The molecule has 3 aromatic heterocycles. The molecule has 1 unspecified atom stereocenters. The van der Waals surface area contributed by atoms with Crippen LogP contribution in [0.2, 0.25) is 0 Å². The lowest BCUT2D eigenvalue weighted by molar-refractivity contribution is 0.122. The summed E-state index contributed by atoms with van der Waals surface area (Å²) in [5.74, 6) is 3.25. The molecule has 1 saturated heterocycles. The Morgan fingerprint density at radius 3 is 2.93 bits per heavy atom. The number of rotatable bonds is 5. The number of hydrogen-bond donors (Lipinski definition) is 1. The largest absolute Gasteiger partial charge is 0.378 e. The predicted octanol–water partition coefficient (Wildman–Crippen LogP) is 2.97. The molecule has 4 heterocycles. The Morgan fingerprint density at radius 1 is 1.21 bits per heavy atom. The zero-order chi connectivity index (χ0) is 19.6. The summed E-state index contributed by atoms with van der Waals surface area (Å²) in [6.07, 6.45) is 12.8. The maximum Gasteiger partial charge on any atom is 0.240 e. The van der Waals surface area contributed by atoms with Crippen molar-refractivity contribution in [3.8, 4) is 5.95 Å². The summed E-state index contributed by atoms with van der Waals surface area (Å²) in [5, 5.41) is 0. The van der Waals surface area contributed by atoms with Crippen LogP contribution >= 0.6 is 0 Å². The van der Waals surface area contributed by atoms with Crippen LogP contribution in [-0.2, 0) is 11.2 Å². The van der Waals surface area contributed by atoms with Crippen molar-refractivity contribution in [1.29, 1.82) is 0 Å². The number of hydrogen-bond acceptors (Lipinski definition) is 6. The maximum atomic E-state index is 5.52. The third-order valence-electron chi connectivity index (χ3n) is 5.49. The number of nitrogens with zero attached hydrogens (tertiary/aromatic N) is 6. The van der Waals surface area contributed by atoms with Gasteiger partial charge in [-0.1, -0.05) is 13.0 Å². The molecule has 29 heavy (non-hydrogen) atoms. The minimum atomic E-state index is 0. The molecule has 0 radical (unpaired) electrons. The van der Waals surface area contributed by atoms with E-state index in [0.717, 1.165) is 55.6 Å². The summed E-state index contributed by atoms with van der Waals surface area (Å²) in [5.41, 5.74) is 2.36. The van der Waals surface area contributed by atoms with Crippen LogP contribution in [-0.4, -0.2) is 55.8 Å². The molecular weight excluding hydrogens is 366 g/mol. The highest BCUT2D eigenvalue weighted by Gasteiger charge is 2.26. The first-order valence-corrected chi connectivity index (χ1v) is 10.3. The highest BCUT2D eigenvalue weighted by molar-refractivity contribution is 5.56. The monoisotopic (exact) mass is 393 g/mol. The van der Waals surface area contributed by atoms with Gasteiger partial charge < -0.3 is 14.6 Å². The fraction of sp³-hybridized carbons (Fsp3) is 0.429. The van der Waals surface area contributed by atoms with Gasteiger partial charge in [0.15, 0.2) is 0 Å². The van der Waals surface area contributed by atoms with Crippen molar-refractivity contribution in [2.24, 2.45) is 0 Å². The number of allylic oxidation sites excluding steroid dienone is 1. The minimum absolute atomic E-state index is 0. The zero-order valence-electron chi connectivity index (χ0n) is 16.6. The summed E-state index contributed by atoms with van der Waals surface area (Å²) in [6.45, 7) is 5.11. The first kappa shape index (κ1) is 18.1. The van der Waals surface area contributed by atoms with E-state index in [1.54, 1.807) is 0 Å². The predicted molar refractivity (Wildman–Crippen MR) is 112 cm³/mol. The van der Waals surface area contributed by atoms with Crippen LogP contribution in [0, 0.1) is 0 Å². The first-order valence-electron chi connectivity index (χ1n) is 10.3. The number of nitrogens with one attached hydrogen (secondary N) is 1. The van der Waals surface area contributed by atoms with Crippen LogP contribution in [0.25, 0.3) is 12.0 Å². The molecule has 0 saturated carbocycles. The van der Waals surface area contributed by atoms with Crippen LogP contribution in [0.15, 0.2) is 30.7 Å². The van der Waals surface area contributed by atoms with Crippen molar-refractivity contribution in [2.75, 3.05) is 31.2 Å². The smallest absolute Gasteiger partial charge is 0.240 e. The van der Waals surface area contributed by atoms with Gasteiger partial charge in [-0.3, -0.25) is 4.57 Å². The lowest BCUT2D eigenvalue weighted by atomic mass is 9.91. The van der Waals surface area contributed by atoms with Crippen molar-refractivity contribution >= 4 is 12.0 Å². The van der Waals surface area contributed by atoms with Gasteiger partial charge in [0.1, 0.15) is 11.6 Å². The summed E-state index contributed by atoms with van der Waals surface area (Å²) in [4.78, 5) is 24.6. The van der Waals surface area contributed by atoms with Gasteiger partial charge in [0.05, 0.1) is 13.2 Å². The standard InChI is InChI=1S/C21H25N7O.H2/c1-2-4-18-23-9-10-28(18)21-25-19(16-5-3-6-17-15(16)7-8-22-17)24-20(26-21)27-11-13-29-14-12-27;/h3,6-10,16,22H,2,4-5,11-14H2,1H3;1H. The summed E-state index contributed by atoms with van der Waals surface area (Å²) < 4.78 is 7.51. The lowest BCUT2D eigenvalue weighted by Crippen LogP contribution is -2.38. The average molecular weight is 393 g/mol. The number of fused-ring (bicyclic) bond motifs is 1. The Kier molecular flexibility index (Phi) is 4.85. The van der Waals surface area contributed by atoms with E-state index >= 15 is 0 Å². The van der Waals surface area contributed by atoms with Crippen LogP contribution < -0.4 is 4.90 Å². The van der Waals surface area contributed by atoms with E-state index in [1.165, 1.54) is 5.56 Å². The topological polar surface area (TPSA) is 84.8 Å². The number of ether oxygens (including phenoxy) is 1. The van der Waals surface area contributed by atoms with Gasteiger partial charge in [0, 0.05) is 51.1 Å². The maximum absolute atomic E-state index is 5.52. The van der Waals surface area contributed by atoms with Gasteiger partial charge in [-0.2, -0.15) is 15.0 Å². The van der Waals surface area contributed by atoms with Gasteiger partial charge in [0.2, 0.25) is 11.9 Å². The second-order valence-electron chi connectivity index (χ2n) is 7.39. The number of aryl methyl sites for hydroxylation is 1. The van der Waals surface area contributed by atoms with Gasteiger partial charge in [0.25, 0.3) is 0 Å². The summed E-state index contributed by atoms with van der Waals surface area (Å²) >= 11 is 0. The molecule has 3 aromatic rings. The quantitative estimate of drug-likeness (QED) is 0.717. The fourth-order valence-corrected chi connectivity index (χ4v) is 4.00. The molecule has 1 atom stereocenters. The molecule has 152 valence electrons. The van der Waals surface area contributed by atoms with Crippen LogP contribution in [0.5, 0.6) is 0 Å². The third-order valence-corrected chi connectivity index (χ3v) is 5.49. The van der Waals surface area contributed by atoms with E-state index in [4.69, 9.17) is 19.7 Å². The summed E-state index contributed by atoms with van der Waals surface area (Å²) in [6, 6.07) is 2.13. The Morgan fingerprint density at radius 2 is 2.07 bits per heavy atom. The Hall–Kier alpha value is -3.00. The van der Waals surface area contributed by atoms with E-state index in [2.05, 4.69) is 40.0 Å². The molecule has 1 fully saturated rings. The number of imidazole rings is 1. The molecule has 2 aliphatic rings. The first-order chi connectivity index (χ1) is 14.3. The molecule has 1 aliphatic heterocycles. The number of morpholine rings is 1. The molecule has 1 aliphatic carbocycles. The normalized spacial score (nSPS) is 18.8. The average Bonchev–Trinajstić information content (AvgIpc) is 3.43. The second-order valence-corrected chi connectivity index (χ2v) is 7.39. The fourth-order valence-electron chi connectivity index (χ4n) is 4.00. The van der Waals surface area contributed by atoms with E-state index in [0.29, 0.717) is 19.2 Å². The highest BCUT2D eigenvalue weighted by atomic mass is 16.5. The van der Waals surface area contributed by atoms with E-state index < -0.39 is 0 Å². The van der Waals surface area contributed by atoms with E-state index in [9.17, 15) is 0 Å². The van der Waals surface area contributed by atoms with Gasteiger partial charge in [-0.15, -0.1) is 0 Å². The Balaban J connectivity index is 0.00000218. The van der Waals surface area contributed by atoms with Gasteiger partial charge >= 0.3 is 0 Å². The Bertz CT molecular complexity index is 1020. The van der Waals surface area contributed by atoms with E-state index in [1.807, 2.05) is 23.2 Å². The van der Waals surface area contributed by atoms with E-state index in [-0.39, 0.29) is 7.34 Å². The molecule has 0 aromatic carbocycles. The Labute approximate surface area is 171 Å². The van der Waals surface area contributed by atoms with Crippen molar-refractivity contribution in [1.82, 2.24) is 29.5 Å². The SMILES string of the molecule is CCCc1nccn1-c1nc(C2CC=Cc3[nH]ccc32)nc(N2CCOCC2)n1.[HH]. The number of aromatic amines is 1. The van der Waals surface area contributed by atoms with Crippen LogP contribution in [0.4, 0.5) is 5.95 Å². The van der Waals surface area contributed by atoms with Crippen molar-refractivity contribution in [3.05, 3.63) is 53.6 Å². The molecule has 5 rings (SSSR count). The summed E-state index contributed by atoms with van der Waals surface area (Å²) in [7, 11) is 0. The van der Waals surface area contributed by atoms with Gasteiger partial charge in [-0.05, 0) is 30.5 Å². The molecule has 0 spiro atoms. The molecule has 8 heteroatoms. The van der Waals surface area contributed by atoms with Crippen molar-refractivity contribution in [2.45, 2.75) is 32.1 Å². The molecule has 1 N–H and O–H groups in total. The van der Waals surface area contributed by atoms with Gasteiger partial charge in [-0.25, -0.2) is 4.98 Å². The molecule has 0 amide bonds. The van der Waals surface area contributed by atoms with Crippen molar-refractivity contribution in [3.63, 3.8) is 0 Å². The number of H-pyrrole nitrogens is 1. The van der Waals surface area contributed by atoms with Crippen LogP contribution in [0.3, 0.4) is 0 Å². The molecular formula is C21H27N7O. The minimum Gasteiger partial charge on any atom is -0.378 e. The lowest BCUT2D eigenvalue weighted by Gasteiger charge is -2.28. The second kappa shape index (κ2) is 7.79. The van der Waals surface area contributed by atoms with Crippen LogP contribution in [0.1, 0.15) is 50.0 Å². The highest BCUT2D eigenvalue weighted by Crippen LogP contribution is 2.33. The number of anilines is 1.